The third-order valence-electron chi connectivity index (χ3n) is 7.01. The van der Waals surface area contributed by atoms with Gasteiger partial charge in [-0.3, -0.25) is 0 Å². The standard InChI is InChI=1S/C23H36N6O2/c1-23(2,3)29-22(24-25-26-29)21(19-11-10-18(30-4)16-20(19)31-5)28-14-12-27(13-15-28)17-8-6-7-9-17/h10-11,16-17,21H,6-9,12-15H2,1-5H3/p+2/t21-/m1/s1. The smallest absolute Gasteiger partial charge is 0.214 e. The predicted molar refractivity (Wildman–Crippen MR) is 118 cm³/mol. The molecule has 2 aliphatic rings. The summed E-state index contributed by atoms with van der Waals surface area (Å²) in [7, 11) is 3.40. The van der Waals surface area contributed by atoms with Crippen LogP contribution in [-0.4, -0.2) is 66.6 Å². The minimum absolute atomic E-state index is 0.0141. The Bertz CT molecular complexity index is 863. The largest absolute Gasteiger partial charge is 0.497 e. The molecule has 1 saturated carbocycles. The van der Waals surface area contributed by atoms with Gasteiger partial charge < -0.3 is 19.3 Å². The monoisotopic (exact) mass is 430 g/mol. The Hall–Kier alpha value is -2.19. The van der Waals surface area contributed by atoms with Crippen LogP contribution in [0.5, 0.6) is 11.5 Å². The van der Waals surface area contributed by atoms with Crippen LogP contribution in [0, 0.1) is 0 Å². The summed E-state index contributed by atoms with van der Waals surface area (Å²) >= 11 is 0. The number of ether oxygens (including phenoxy) is 2. The van der Waals surface area contributed by atoms with Crippen molar-refractivity contribution in [3.63, 3.8) is 0 Å². The molecule has 2 fully saturated rings. The lowest BCUT2D eigenvalue weighted by atomic mass is 10.00. The number of benzene rings is 1. The molecule has 0 unspecified atom stereocenters. The minimum atomic E-state index is -0.201. The van der Waals surface area contributed by atoms with Crippen molar-refractivity contribution >= 4 is 0 Å². The van der Waals surface area contributed by atoms with Gasteiger partial charge in [0.2, 0.25) is 5.82 Å². The highest BCUT2D eigenvalue weighted by Crippen LogP contribution is 2.32. The fourth-order valence-corrected chi connectivity index (χ4v) is 5.37. The van der Waals surface area contributed by atoms with Crippen molar-refractivity contribution in [2.45, 2.75) is 64.1 Å². The number of hydrogen-bond donors (Lipinski definition) is 2. The average molecular weight is 431 g/mol. The maximum atomic E-state index is 5.81. The van der Waals surface area contributed by atoms with E-state index in [2.05, 4.69) is 42.4 Å². The summed E-state index contributed by atoms with van der Waals surface area (Å²) in [6.45, 7) is 11.0. The number of nitrogens with zero attached hydrogens (tertiary/aromatic N) is 4. The molecule has 1 aromatic heterocycles. The maximum Gasteiger partial charge on any atom is 0.214 e. The van der Waals surface area contributed by atoms with Gasteiger partial charge >= 0.3 is 0 Å². The van der Waals surface area contributed by atoms with Crippen LogP contribution in [0.4, 0.5) is 0 Å². The van der Waals surface area contributed by atoms with E-state index in [9.17, 15) is 0 Å². The van der Waals surface area contributed by atoms with Crippen LogP contribution in [0.15, 0.2) is 18.2 Å². The molecular weight excluding hydrogens is 392 g/mol. The first-order chi connectivity index (χ1) is 14.9. The molecule has 8 heteroatoms. The summed E-state index contributed by atoms with van der Waals surface area (Å²) in [5, 5.41) is 13.0. The van der Waals surface area contributed by atoms with Gasteiger partial charge in [0.1, 0.15) is 37.7 Å². The van der Waals surface area contributed by atoms with Crippen LogP contribution in [0.25, 0.3) is 0 Å². The highest BCUT2D eigenvalue weighted by atomic mass is 16.5. The lowest BCUT2D eigenvalue weighted by Crippen LogP contribution is -3.29. The van der Waals surface area contributed by atoms with Gasteiger partial charge in [-0.1, -0.05) is 0 Å². The third-order valence-corrected chi connectivity index (χ3v) is 7.01. The topological polar surface area (TPSA) is 70.9 Å². The zero-order chi connectivity index (χ0) is 22.0. The number of aromatic nitrogens is 4. The fraction of sp³-hybridized carbons (Fsp3) is 0.696. The number of rotatable bonds is 6. The Kier molecular flexibility index (Phi) is 6.48. The molecule has 31 heavy (non-hydrogen) atoms. The first-order valence-electron chi connectivity index (χ1n) is 11.6. The predicted octanol–water partition coefficient (Wildman–Crippen LogP) is 0.261. The van der Waals surface area contributed by atoms with Crippen molar-refractivity contribution < 1.29 is 19.3 Å². The van der Waals surface area contributed by atoms with E-state index in [4.69, 9.17) is 9.47 Å². The van der Waals surface area contributed by atoms with Gasteiger partial charge in [0.25, 0.3) is 0 Å². The van der Waals surface area contributed by atoms with Crippen LogP contribution >= 0.6 is 0 Å². The molecule has 1 aromatic carbocycles. The van der Waals surface area contributed by atoms with Crippen LogP contribution in [0.2, 0.25) is 0 Å². The summed E-state index contributed by atoms with van der Waals surface area (Å²) in [6.07, 6.45) is 5.58. The van der Waals surface area contributed by atoms with E-state index >= 15 is 0 Å². The summed E-state index contributed by atoms with van der Waals surface area (Å²) < 4.78 is 13.2. The number of tetrazole rings is 1. The van der Waals surface area contributed by atoms with Crippen molar-refractivity contribution in [1.29, 1.82) is 0 Å². The van der Waals surface area contributed by atoms with Crippen molar-refractivity contribution in [1.82, 2.24) is 20.2 Å². The third kappa shape index (κ3) is 4.55. The molecule has 2 aromatic rings. The second-order valence-corrected chi connectivity index (χ2v) is 9.96. The lowest BCUT2D eigenvalue weighted by molar-refractivity contribution is -1.03. The molecule has 1 aliphatic heterocycles. The van der Waals surface area contributed by atoms with Crippen LogP contribution < -0.4 is 19.3 Å². The lowest BCUT2D eigenvalue weighted by Gasteiger charge is -2.37. The Balaban J connectivity index is 1.69. The molecule has 0 amide bonds. The molecule has 170 valence electrons. The summed E-state index contributed by atoms with van der Waals surface area (Å²) in [4.78, 5) is 3.29. The number of piperazine rings is 1. The van der Waals surface area contributed by atoms with Crippen molar-refractivity contribution in [2.24, 2.45) is 0 Å². The Labute approximate surface area is 185 Å². The summed E-state index contributed by atoms with van der Waals surface area (Å²) in [5.41, 5.74) is 0.913. The zero-order valence-corrected chi connectivity index (χ0v) is 19.6. The quantitative estimate of drug-likeness (QED) is 0.688. The molecule has 1 aliphatic carbocycles. The molecule has 0 spiro atoms. The van der Waals surface area contributed by atoms with Gasteiger partial charge in [-0.25, -0.2) is 4.68 Å². The zero-order valence-electron chi connectivity index (χ0n) is 19.6. The number of quaternary nitrogens is 2. The minimum Gasteiger partial charge on any atom is -0.497 e. The van der Waals surface area contributed by atoms with Crippen molar-refractivity contribution in [3.05, 3.63) is 29.6 Å². The molecular formula is C23H38N6O2+2. The van der Waals surface area contributed by atoms with E-state index in [1.54, 1.807) is 19.1 Å². The van der Waals surface area contributed by atoms with Gasteiger partial charge in [0.15, 0.2) is 6.04 Å². The number of hydrogen-bond acceptors (Lipinski definition) is 5. The normalized spacial score (nSPS) is 23.6. The Morgan fingerprint density at radius 2 is 1.74 bits per heavy atom. The van der Waals surface area contributed by atoms with Gasteiger partial charge in [-0.05, 0) is 69.0 Å². The SMILES string of the molecule is COc1ccc([C@H](c2nnnn2C(C)(C)C)[NH+]2CC[NH+](C3CCCC3)CC2)c(OC)c1. The van der Waals surface area contributed by atoms with Crippen molar-refractivity contribution in [3.8, 4) is 11.5 Å². The summed E-state index contributed by atoms with van der Waals surface area (Å²) in [5.74, 6) is 2.52. The molecule has 2 N–H and O–H groups in total. The summed E-state index contributed by atoms with van der Waals surface area (Å²) in [6, 6.07) is 6.96. The molecule has 1 atom stereocenters. The number of nitrogens with one attached hydrogen (secondary N) is 2. The average Bonchev–Trinajstić information content (AvgIpc) is 3.47. The first kappa shape index (κ1) is 22.0. The van der Waals surface area contributed by atoms with Crippen LogP contribution in [-0.2, 0) is 5.54 Å². The molecule has 1 saturated heterocycles. The highest BCUT2D eigenvalue weighted by Gasteiger charge is 2.40. The van der Waals surface area contributed by atoms with E-state index < -0.39 is 0 Å². The maximum absolute atomic E-state index is 5.81. The van der Waals surface area contributed by atoms with E-state index in [0.717, 1.165) is 42.0 Å². The van der Waals surface area contributed by atoms with E-state index in [-0.39, 0.29) is 11.6 Å². The number of methoxy groups -OCH3 is 2. The first-order valence-corrected chi connectivity index (χ1v) is 11.6. The van der Waals surface area contributed by atoms with Crippen LogP contribution in [0.3, 0.4) is 0 Å². The molecule has 2 heterocycles. The Morgan fingerprint density at radius 3 is 2.35 bits per heavy atom. The Morgan fingerprint density at radius 1 is 1.03 bits per heavy atom. The van der Waals surface area contributed by atoms with Gasteiger partial charge in [0, 0.05) is 6.07 Å². The van der Waals surface area contributed by atoms with E-state index in [0.29, 0.717) is 0 Å². The van der Waals surface area contributed by atoms with Gasteiger partial charge in [-0.2, -0.15) is 0 Å². The van der Waals surface area contributed by atoms with Gasteiger partial charge in [0.05, 0.1) is 31.4 Å². The molecule has 4 rings (SSSR count). The van der Waals surface area contributed by atoms with Gasteiger partial charge in [-0.15, -0.1) is 5.10 Å². The fourth-order valence-electron chi connectivity index (χ4n) is 5.37. The second kappa shape index (κ2) is 9.12. The second-order valence-electron chi connectivity index (χ2n) is 9.96. The highest BCUT2D eigenvalue weighted by molar-refractivity contribution is 5.43. The molecule has 8 nitrogen and oxygen atoms in total. The van der Waals surface area contributed by atoms with Crippen LogP contribution in [0.1, 0.15) is 63.9 Å². The van der Waals surface area contributed by atoms with Crippen molar-refractivity contribution in [2.75, 3.05) is 40.4 Å². The molecule has 0 radical (unpaired) electrons. The van der Waals surface area contributed by atoms with E-state index in [1.165, 1.54) is 43.7 Å². The van der Waals surface area contributed by atoms with E-state index in [1.807, 2.05) is 16.8 Å². The molecule has 0 bridgehead atoms.